The molecular weight excluding hydrogens is 242 g/mol. The number of piperidine rings is 1. The third kappa shape index (κ3) is 3.91. The summed E-state index contributed by atoms with van der Waals surface area (Å²) in [6, 6.07) is 0.732. The van der Waals surface area contributed by atoms with Gasteiger partial charge in [0.25, 0.3) is 0 Å². The number of aliphatic carboxylic acids is 1. The Kier molecular flexibility index (Phi) is 4.81. The molecule has 0 spiro atoms. The molecule has 19 heavy (non-hydrogen) atoms. The van der Waals surface area contributed by atoms with Gasteiger partial charge in [-0.15, -0.1) is 0 Å². The molecule has 0 saturated carbocycles. The maximum Gasteiger partial charge on any atom is 0.310 e. The molecule has 0 aliphatic carbocycles. The topological polar surface area (TPSA) is 55.8 Å². The van der Waals surface area contributed by atoms with Gasteiger partial charge in [-0.1, -0.05) is 0 Å². The second kappa shape index (κ2) is 6.20. The molecule has 2 fully saturated rings. The Labute approximate surface area is 115 Å². The molecule has 110 valence electrons. The van der Waals surface area contributed by atoms with Crippen LogP contribution in [0.1, 0.15) is 26.7 Å². The summed E-state index contributed by atoms with van der Waals surface area (Å²) in [6.07, 6.45) is 2.50. The van der Waals surface area contributed by atoms with Crippen molar-refractivity contribution in [1.29, 1.82) is 0 Å². The van der Waals surface area contributed by atoms with Crippen LogP contribution in [0.2, 0.25) is 0 Å². The summed E-state index contributed by atoms with van der Waals surface area (Å²) >= 11 is 0. The van der Waals surface area contributed by atoms with Crippen molar-refractivity contribution < 1.29 is 9.90 Å². The minimum Gasteiger partial charge on any atom is -0.481 e. The molecule has 0 aromatic rings. The fraction of sp³-hybridized carbons (Fsp3) is 0.929. The van der Waals surface area contributed by atoms with Crippen molar-refractivity contribution >= 4 is 5.97 Å². The number of rotatable bonds is 4. The standard InChI is InChI=1S/C14H27N3O2/c1-14(2,13(18)19)11-16-7-9-17(10-8-16)12-3-5-15-6-4-12/h12,15H,3-11H2,1-2H3,(H,18,19). The summed E-state index contributed by atoms with van der Waals surface area (Å²) in [4.78, 5) is 16.0. The van der Waals surface area contributed by atoms with Crippen molar-refractivity contribution in [3.63, 3.8) is 0 Å². The molecule has 2 aliphatic heterocycles. The van der Waals surface area contributed by atoms with Crippen LogP contribution in [0, 0.1) is 5.41 Å². The van der Waals surface area contributed by atoms with Crippen LogP contribution in [-0.4, -0.2) is 72.7 Å². The highest BCUT2D eigenvalue weighted by atomic mass is 16.4. The van der Waals surface area contributed by atoms with Gasteiger partial charge in [-0.3, -0.25) is 14.6 Å². The third-order valence-electron chi connectivity index (χ3n) is 4.43. The van der Waals surface area contributed by atoms with Crippen LogP contribution in [-0.2, 0) is 4.79 Å². The fourth-order valence-corrected chi connectivity index (χ4v) is 3.09. The van der Waals surface area contributed by atoms with E-state index < -0.39 is 11.4 Å². The maximum atomic E-state index is 11.2. The van der Waals surface area contributed by atoms with E-state index in [0.29, 0.717) is 6.54 Å². The molecule has 2 saturated heterocycles. The highest BCUT2D eigenvalue weighted by Crippen LogP contribution is 2.20. The SMILES string of the molecule is CC(C)(CN1CCN(C2CCNCC2)CC1)C(=O)O. The Bertz CT molecular complexity index is 306. The molecule has 0 amide bonds. The molecule has 0 aromatic carbocycles. The van der Waals surface area contributed by atoms with Gasteiger partial charge in [-0.25, -0.2) is 0 Å². The van der Waals surface area contributed by atoms with E-state index in [1.165, 1.54) is 12.8 Å². The number of carboxylic acid groups (broad SMARTS) is 1. The van der Waals surface area contributed by atoms with Crippen molar-refractivity contribution in [3.8, 4) is 0 Å². The first-order valence-electron chi connectivity index (χ1n) is 7.39. The van der Waals surface area contributed by atoms with Gasteiger partial charge < -0.3 is 10.4 Å². The summed E-state index contributed by atoms with van der Waals surface area (Å²) in [5.74, 6) is -0.701. The van der Waals surface area contributed by atoms with Crippen molar-refractivity contribution in [2.24, 2.45) is 5.41 Å². The number of carbonyl (C=O) groups is 1. The smallest absolute Gasteiger partial charge is 0.310 e. The zero-order chi connectivity index (χ0) is 13.9. The summed E-state index contributed by atoms with van der Waals surface area (Å²) in [5, 5.41) is 12.6. The monoisotopic (exact) mass is 269 g/mol. The van der Waals surface area contributed by atoms with E-state index in [9.17, 15) is 9.90 Å². The van der Waals surface area contributed by atoms with E-state index in [1.807, 2.05) is 13.8 Å². The van der Waals surface area contributed by atoms with Crippen molar-refractivity contribution in [2.45, 2.75) is 32.7 Å². The second-order valence-electron chi connectivity index (χ2n) is 6.48. The van der Waals surface area contributed by atoms with Gasteiger partial charge in [0.15, 0.2) is 0 Å². The first-order valence-corrected chi connectivity index (χ1v) is 7.39. The van der Waals surface area contributed by atoms with E-state index >= 15 is 0 Å². The van der Waals surface area contributed by atoms with Crippen molar-refractivity contribution in [3.05, 3.63) is 0 Å². The van der Waals surface area contributed by atoms with Gasteiger partial charge >= 0.3 is 5.97 Å². The highest BCUT2D eigenvalue weighted by Gasteiger charge is 2.32. The van der Waals surface area contributed by atoms with Crippen LogP contribution in [0.5, 0.6) is 0 Å². The number of nitrogens with zero attached hydrogens (tertiary/aromatic N) is 2. The van der Waals surface area contributed by atoms with Crippen LogP contribution in [0.3, 0.4) is 0 Å². The molecule has 2 aliphatic rings. The molecule has 0 bridgehead atoms. The number of piperazine rings is 1. The van der Waals surface area contributed by atoms with Gasteiger partial charge in [0, 0.05) is 38.8 Å². The summed E-state index contributed by atoms with van der Waals surface area (Å²) in [5.41, 5.74) is -0.642. The lowest BCUT2D eigenvalue weighted by molar-refractivity contribution is -0.148. The Morgan fingerprint density at radius 3 is 2.32 bits per heavy atom. The van der Waals surface area contributed by atoms with Crippen LogP contribution in [0.15, 0.2) is 0 Å². The fourth-order valence-electron chi connectivity index (χ4n) is 3.09. The molecule has 2 rings (SSSR count). The Balaban J connectivity index is 1.77. The van der Waals surface area contributed by atoms with E-state index in [4.69, 9.17) is 0 Å². The molecule has 0 aromatic heterocycles. The average Bonchev–Trinajstić information content (AvgIpc) is 2.40. The molecule has 5 heteroatoms. The first-order chi connectivity index (χ1) is 8.99. The van der Waals surface area contributed by atoms with Crippen LogP contribution in [0.4, 0.5) is 0 Å². The third-order valence-corrected chi connectivity index (χ3v) is 4.43. The highest BCUT2D eigenvalue weighted by molar-refractivity contribution is 5.73. The lowest BCUT2D eigenvalue weighted by Gasteiger charge is -2.42. The van der Waals surface area contributed by atoms with E-state index in [2.05, 4.69) is 15.1 Å². The molecule has 5 nitrogen and oxygen atoms in total. The lowest BCUT2D eigenvalue weighted by atomic mass is 9.92. The summed E-state index contributed by atoms with van der Waals surface area (Å²) in [6.45, 7) is 10.7. The number of nitrogens with one attached hydrogen (secondary N) is 1. The molecule has 0 atom stereocenters. The van der Waals surface area contributed by atoms with Crippen LogP contribution >= 0.6 is 0 Å². The number of carboxylic acids is 1. The molecule has 2 heterocycles. The zero-order valence-corrected chi connectivity index (χ0v) is 12.2. The normalized spacial score (nSPS) is 24.5. The first kappa shape index (κ1) is 14.8. The molecule has 0 unspecified atom stereocenters. The maximum absolute atomic E-state index is 11.2. The van der Waals surface area contributed by atoms with E-state index in [-0.39, 0.29) is 0 Å². The van der Waals surface area contributed by atoms with Gasteiger partial charge in [-0.05, 0) is 39.8 Å². The minimum atomic E-state index is -0.701. The minimum absolute atomic E-state index is 0.642. The molecular formula is C14H27N3O2. The Morgan fingerprint density at radius 2 is 1.79 bits per heavy atom. The Hall–Kier alpha value is -0.650. The van der Waals surface area contributed by atoms with Crippen molar-refractivity contribution in [1.82, 2.24) is 15.1 Å². The van der Waals surface area contributed by atoms with Gasteiger partial charge in [-0.2, -0.15) is 0 Å². The van der Waals surface area contributed by atoms with Gasteiger partial charge in [0.2, 0.25) is 0 Å². The largest absolute Gasteiger partial charge is 0.481 e. The lowest BCUT2D eigenvalue weighted by Crippen LogP contribution is -2.54. The predicted molar refractivity (Wildman–Crippen MR) is 75.3 cm³/mol. The van der Waals surface area contributed by atoms with Gasteiger partial charge in [0.1, 0.15) is 0 Å². The average molecular weight is 269 g/mol. The Morgan fingerprint density at radius 1 is 1.21 bits per heavy atom. The number of hydrogen-bond acceptors (Lipinski definition) is 4. The predicted octanol–water partition coefficient (Wildman–Crippen LogP) is 0.467. The zero-order valence-electron chi connectivity index (χ0n) is 12.2. The van der Waals surface area contributed by atoms with E-state index in [1.54, 1.807) is 0 Å². The second-order valence-corrected chi connectivity index (χ2v) is 6.48. The van der Waals surface area contributed by atoms with Gasteiger partial charge in [0.05, 0.1) is 5.41 Å². The van der Waals surface area contributed by atoms with Crippen LogP contribution in [0.25, 0.3) is 0 Å². The summed E-state index contributed by atoms with van der Waals surface area (Å²) in [7, 11) is 0. The van der Waals surface area contributed by atoms with E-state index in [0.717, 1.165) is 45.3 Å². The van der Waals surface area contributed by atoms with Crippen LogP contribution < -0.4 is 5.32 Å². The van der Waals surface area contributed by atoms with Crippen molar-refractivity contribution in [2.75, 3.05) is 45.8 Å². The molecule has 2 N–H and O–H groups in total. The molecule has 0 radical (unpaired) electrons. The number of hydrogen-bond donors (Lipinski definition) is 2. The summed E-state index contributed by atoms with van der Waals surface area (Å²) < 4.78 is 0. The quantitative estimate of drug-likeness (QED) is 0.777.